The maximum absolute atomic E-state index is 3.77. The number of halogens is 1. The predicted molar refractivity (Wildman–Crippen MR) is 92.5 cm³/mol. The Morgan fingerprint density at radius 3 is 2.55 bits per heavy atom. The molecule has 20 heavy (non-hydrogen) atoms. The molecule has 1 N–H and O–H groups in total. The van der Waals surface area contributed by atoms with Gasteiger partial charge in [-0.15, -0.1) is 11.3 Å². The average molecular weight is 359 g/mol. The highest BCUT2D eigenvalue weighted by Gasteiger charge is 2.44. The lowest BCUT2D eigenvalue weighted by atomic mass is 9.71. The van der Waals surface area contributed by atoms with Crippen LogP contribution in [0.25, 0.3) is 0 Å². The molecule has 0 radical (unpaired) electrons. The van der Waals surface area contributed by atoms with Crippen LogP contribution in [0.4, 0.5) is 0 Å². The molecule has 1 atom stereocenters. The molecule has 0 amide bonds. The highest BCUT2D eigenvalue weighted by molar-refractivity contribution is 9.10. The molecule has 1 aliphatic carbocycles. The third-order valence-corrected chi connectivity index (χ3v) is 6.82. The maximum Gasteiger partial charge on any atom is 0.0612 e. The van der Waals surface area contributed by atoms with E-state index in [2.05, 4.69) is 65.5 Å². The zero-order chi connectivity index (χ0) is 14.8. The molecular formula is C16H27BrN2S. The second kappa shape index (κ2) is 6.91. The zero-order valence-corrected chi connectivity index (χ0v) is 15.5. The van der Waals surface area contributed by atoms with Crippen molar-refractivity contribution in [2.24, 2.45) is 5.92 Å². The molecule has 2 rings (SSSR count). The van der Waals surface area contributed by atoms with Gasteiger partial charge in [-0.05, 0) is 79.6 Å². The summed E-state index contributed by atoms with van der Waals surface area (Å²) in [6.45, 7) is 5.62. The zero-order valence-electron chi connectivity index (χ0n) is 13.1. The van der Waals surface area contributed by atoms with Crippen molar-refractivity contribution in [1.82, 2.24) is 10.2 Å². The number of hydrogen-bond acceptors (Lipinski definition) is 3. The Morgan fingerprint density at radius 1 is 1.45 bits per heavy atom. The van der Waals surface area contributed by atoms with Gasteiger partial charge in [-0.3, -0.25) is 0 Å². The van der Waals surface area contributed by atoms with Crippen LogP contribution in [0.3, 0.4) is 0 Å². The van der Waals surface area contributed by atoms with Crippen molar-refractivity contribution in [2.45, 2.75) is 51.1 Å². The number of nitrogens with one attached hydrogen (secondary N) is 1. The summed E-state index contributed by atoms with van der Waals surface area (Å²) in [5, 5.41) is 5.96. The number of hydrogen-bond donors (Lipinski definition) is 1. The van der Waals surface area contributed by atoms with Crippen LogP contribution in [-0.2, 0) is 0 Å². The molecule has 0 aliphatic heterocycles. The van der Waals surface area contributed by atoms with E-state index in [4.69, 9.17) is 0 Å². The SMILES string of the molecule is CCNC(c1sccc1Br)C1(N(C)C)CCC(C)CC1. The van der Waals surface area contributed by atoms with Gasteiger partial charge in [-0.1, -0.05) is 13.8 Å². The first-order valence-corrected chi connectivity index (χ1v) is 9.32. The summed E-state index contributed by atoms with van der Waals surface area (Å²) in [4.78, 5) is 3.92. The fraction of sp³-hybridized carbons (Fsp3) is 0.750. The Morgan fingerprint density at radius 2 is 2.10 bits per heavy atom. The minimum atomic E-state index is 0.246. The van der Waals surface area contributed by atoms with Gasteiger partial charge in [0, 0.05) is 14.9 Å². The van der Waals surface area contributed by atoms with E-state index in [1.807, 2.05) is 11.3 Å². The van der Waals surface area contributed by atoms with Crippen LogP contribution in [0.5, 0.6) is 0 Å². The van der Waals surface area contributed by atoms with Crippen LogP contribution in [0.15, 0.2) is 15.9 Å². The number of rotatable bonds is 5. The fourth-order valence-corrected chi connectivity index (χ4v) is 5.28. The Bertz CT molecular complexity index is 422. The second-order valence-electron chi connectivity index (χ2n) is 6.30. The van der Waals surface area contributed by atoms with E-state index in [9.17, 15) is 0 Å². The summed E-state index contributed by atoms with van der Waals surface area (Å²) in [6, 6.07) is 2.60. The van der Waals surface area contributed by atoms with Crippen molar-refractivity contribution in [3.63, 3.8) is 0 Å². The standard InChI is InChI=1S/C16H27BrN2S/c1-5-18-15(14-13(17)8-11-20-14)16(19(3)4)9-6-12(2)7-10-16/h8,11-12,15,18H,5-7,9-10H2,1-4H3. The molecule has 0 saturated heterocycles. The van der Waals surface area contributed by atoms with Crippen LogP contribution in [-0.4, -0.2) is 31.1 Å². The van der Waals surface area contributed by atoms with Gasteiger partial charge < -0.3 is 10.2 Å². The van der Waals surface area contributed by atoms with E-state index >= 15 is 0 Å². The van der Waals surface area contributed by atoms with Crippen molar-refractivity contribution >= 4 is 27.3 Å². The lowest BCUT2D eigenvalue weighted by Gasteiger charge is -2.49. The molecule has 1 fully saturated rings. The third-order valence-electron chi connectivity index (χ3n) is 4.88. The van der Waals surface area contributed by atoms with E-state index in [0.717, 1.165) is 12.5 Å². The summed E-state index contributed by atoms with van der Waals surface area (Å²) in [5.74, 6) is 0.872. The maximum atomic E-state index is 3.77. The molecule has 0 spiro atoms. The Hall–Kier alpha value is 0.1000. The molecule has 2 nitrogen and oxygen atoms in total. The van der Waals surface area contributed by atoms with Gasteiger partial charge in [0.25, 0.3) is 0 Å². The van der Waals surface area contributed by atoms with E-state index in [0.29, 0.717) is 6.04 Å². The summed E-state index contributed by atoms with van der Waals surface area (Å²) >= 11 is 5.61. The van der Waals surface area contributed by atoms with Crippen LogP contribution in [0, 0.1) is 5.92 Å². The third kappa shape index (κ3) is 3.13. The molecule has 1 saturated carbocycles. The summed E-state index contributed by atoms with van der Waals surface area (Å²) in [5.41, 5.74) is 0.246. The Balaban J connectivity index is 2.36. The van der Waals surface area contributed by atoms with E-state index in [1.165, 1.54) is 35.0 Å². The van der Waals surface area contributed by atoms with E-state index in [1.54, 1.807) is 0 Å². The van der Waals surface area contributed by atoms with Crippen molar-refractivity contribution in [1.29, 1.82) is 0 Å². The molecule has 114 valence electrons. The topological polar surface area (TPSA) is 15.3 Å². The number of nitrogens with zero attached hydrogens (tertiary/aromatic N) is 1. The molecule has 1 aliphatic rings. The van der Waals surface area contributed by atoms with Gasteiger partial charge >= 0.3 is 0 Å². The predicted octanol–water partition coefficient (Wildman–Crippen LogP) is 4.67. The van der Waals surface area contributed by atoms with E-state index < -0.39 is 0 Å². The molecule has 1 unspecified atom stereocenters. The monoisotopic (exact) mass is 358 g/mol. The van der Waals surface area contributed by atoms with Gasteiger partial charge in [0.1, 0.15) is 0 Å². The Kier molecular flexibility index (Phi) is 5.69. The molecule has 1 aromatic heterocycles. The summed E-state index contributed by atoms with van der Waals surface area (Å²) in [6.07, 6.45) is 5.23. The second-order valence-corrected chi connectivity index (χ2v) is 8.11. The number of likely N-dealkylation sites (N-methyl/N-ethyl adjacent to an activating group) is 2. The van der Waals surface area contributed by atoms with Gasteiger partial charge in [0.05, 0.1) is 6.04 Å². The Labute approximate surface area is 136 Å². The first-order chi connectivity index (χ1) is 9.51. The molecule has 1 heterocycles. The van der Waals surface area contributed by atoms with Gasteiger partial charge in [-0.2, -0.15) is 0 Å². The minimum absolute atomic E-state index is 0.246. The normalized spacial score (nSPS) is 28.8. The van der Waals surface area contributed by atoms with Crippen LogP contribution < -0.4 is 5.32 Å². The summed E-state index contributed by atoms with van der Waals surface area (Å²) < 4.78 is 1.26. The van der Waals surface area contributed by atoms with Crippen LogP contribution >= 0.6 is 27.3 Å². The van der Waals surface area contributed by atoms with Crippen LogP contribution in [0.1, 0.15) is 50.4 Å². The van der Waals surface area contributed by atoms with Crippen molar-refractivity contribution in [2.75, 3.05) is 20.6 Å². The van der Waals surface area contributed by atoms with Crippen LogP contribution in [0.2, 0.25) is 0 Å². The smallest absolute Gasteiger partial charge is 0.0612 e. The molecule has 4 heteroatoms. The van der Waals surface area contributed by atoms with Gasteiger partial charge in [0.2, 0.25) is 0 Å². The average Bonchev–Trinajstić information content (AvgIpc) is 2.83. The minimum Gasteiger partial charge on any atom is -0.308 e. The fourth-order valence-electron chi connectivity index (χ4n) is 3.50. The van der Waals surface area contributed by atoms with Crippen molar-refractivity contribution in [3.05, 3.63) is 20.8 Å². The molecule has 1 aromatic rings. The molecule has 0 aromatic carbocycles. The largest absolute Gasteiger partial charge is 0.308 e. The quantitative estimate of drug-likeness (QED) is 0.822. The lowest BCUT2D eigenvalue weighted by molar-refractivity contribution is 0.0444. The van der Waals surface area contributed by atoms with Crippen molar-refractivity contribution < 1.29 is 0 Å². The lowest BCUT2D eigenvalue weighted by Crippen LogP contribution is -2.55. The molecule has 0 bridgehead atoms. The number of thiophene rings is 1. The van der Waals surface area contributed by atoms with E-state index in [-0.39, 0.29) is 5.54 Å². The highest BCUT2D eigenvalue weighted by Crippen LogP contribution is 2.46. The van der Waals surface area contributed by atoms with Crippen molar-refractivity contribution in [3.8, 4) is 0 Å². The van der Waals surface area contributed by atoms with Gasteiger partial charge in [-0.25, -0.2) is 0 Å². The van der Waals surface area contributed by atoms with Gasteiger partial charge in [0.15, 0.2) is 0 Å². The first kappa shape index (κ1) is 16.5. The highest BCUT2D eigenvalue weighted by atomic mass is 79.9. The first-order valence-electron chi connectivity index (χ1n) is 7.65. The molecular weight excluding hydrogens is 332 g/mol. The summed E-state index contributed by atoms with van der Waals surface area (Å²) in [7, 11) is 4.50.